The third kappa shape index (κ3) is 3.39. The first kappa shape index (κ1) is 19.5. The molecule has 0 radical (unpaired) electrons. The van der Waals surface area contributed by atoms with Gasteiger partial charge in [-0.25, -0.2) is 0 Å². The predicted octanol–water partition coefficient (Wildman–Crippen LogP) is 2.80. The minimum atomic E-state index is -0.388. The lowest BCUT2D eigenvalue weighted by Crippen LogP contribution is -2.42. The van der Waals surface area contributed by atoms with Crippen molar-refractivity contribution >= 4 is 17.0 Å². The summed E-state index contributed by atoms with van der Waals surface area (Å²) in [7, 11) is 0. The minimum Gasteiger partial charge on any atom is -0.507 e. The Morgan fingerprint density at radius 3 is 2.77 bits per heavy atom. The Hall–Kier alpha value is -3.49. The number of allylic oxidation sites excluding steroid dienone is 4. The number of nitro benzene ring substituents is 1. The fraction of sp³-hybridized carbons (Fsp3) is 0.261. The fourth-order valence-electron chi connectivity index (χ4n) is 4.37. The van der Waals surface area contributed by atoms with Gasteiger partial charge in [0.25, 0.3) is 5.69 Å². The molecule has 5 rings (SSSR count). The number of aromatic hydroxyl groups is 1. The summed E-state index contributed by atoms with van der Waals surface area (Å²) in [4.78, 5) is 26.1. The summed E-state index contributed by atoms with van der Waals surface area (Å²) in [6.45, 7) is 3.94. The van der Waals surface area contributed by atoms with Crippen molar-refractivity contribution in [1.82, 2.24) is 10.2 Å². The molecule has 1 fully saturated rings. The second kappa shape index (κ2) is 7.64. The summed E-state index contributed by atoms with van der Waals surface area (Å²) < 4.78 is 5.96. The van der Waals surface area contributed by atoms with Crippen LogP contribution in [0.5, 0.6) is 11.5 Å². The molecule has 0 aromatic heterocycles. The van der Waals surface area contributed by atoms with Crippen LogP contribution in [0.1, 0.15) is 27.0 Å². The summed E-state index contributed by atoms with van der Waals surface area (Å²) in [5.41, 5.74) is 3.20. The third-order valence-electron chi connectivity index (χ3n) is 5.98. The number of carbonyl (C=O) groups excluding carboxylic acids is 1. The SMILES string of the molecule is O=C1/C(=C/C2=CCc3c2cccc3[N+](=O)[O-])Oc2c1ccc(O)c2CN1CCNCC1. The Morgan fingerprint density at radius 2 is 2.00 bits per heavy atom. The molecule has 0 bridgehead atoms. The number of hydrogen-bond donors (Lipinski definition) is 2. The van der Waals surface area contributed by atoms with Crippen molar-refractivity contribution in [2.75, 3.05) is 26.2 Å². The number of benzene rings is 2. The fourth-order valence-corrected chi connectivity index (χ4v) is 4.37. The third-order valence-corrected chi connectivity index (χ3v) is 5.98. The van der Waals surface area contributed by atoms with Crippen molar-refractivity contribution in [3.63, 3.8) is 0 Å². The van der Waals surface area contributed by atoms with Gasteiger partial charge in [0.2, 0.25) is 5.78 Å². The van der Waals surface area contributed by atoms with Gasteiger partial charge < -0.3 is 15.2 Å². The van der Waals surface area contributed by atoms with Gasteiger partial charge in [-0.15, -0.1) is 0 Å². The van der Waals surface area contributed by atoms with E-state index >= 15 is 0 Å². The number of Topliss-reactive ketones (excluding diaryl/α,β-unsaturated/α-hetero) is 1. The van der Waals surface area contributed by atoms with Gasteiger partial charge in [-0.05, 0) is 35.8 Å². The molecule has 8 nitrogen and oxygen atoms in total. The van der Waals surface area contributed by atoms with Crippen LogP contribution in [0.25, 0.3) is 5.57 Å². The van der Waals surface area contributed by atoms with Crippen molar-refractivity contribution < 1.29 is 19.6 Å². The highest BCUT2D eigenvalue weighted by Crippen LogP contribution is 2.41. The number of nitro groups is 1. The molecular formula is C23H21N3O5. The van der Waals surface area contributed by atoms with Crippen molar-refractivity contribution in [1.29, 1.82) is 0 Å². The molecule has 0 atom stereocenters. The molecule has 158 valence electrons. The quantitative estimate of drug-likeness (QED) is 0.446. The smallest absolute Gasteiger partial charge is 0.273 e. The van der Waals surface area contributed by atoms with Crippen LogP contribution in [0.3, 0.4) is 0 Å². The van der Waals surface area contributed by atoms with Crippen molar-refractivity contribution in [3.8, 4) is 11.5 Å². The molecule has 1 saturated heterocycles. The first-order valence-corrected chi connectivity index (χ1v) is 10.2. The number of rotatable bonds is 4. The summed E-state index contributed by atoms with van der Waals surface area (Å²) in [6.07, 6.45) is 3.94. The van der Waals surface area contributed by atoms with Gasteiger partial charge in [0.05, 0.1) is 16.1 Å². The standard InChI is InChI=1S/C23H21N3O5/c27-20-7-6-17-22(28)21(31-23(17)18(20)13-25-10-8-24-9-11-25)12-14-4-5-16-15(14)2-1-3-19(16)26(29)30/h1-4,6-7,12,24,27H,5,8-11,13H2/b21-12-. The van der Waals surface area contributed by atoms with Crippen LogP contribution in [0.4, 0.5) is 5.69 Å². The lowest BCUT2D eigenvalue weighted by Gasteiger charge is -2.27. The molecule has 2 aliphatic heterocycles. The molecule has 8 heteroatoms. The van der Waals surface area contributed by atoms with Gasteiger partial charge in [0.1, 0.15) is 11.5 Å². The second-order valence-corrected chi connectivity index (χ2v) is 7.83. The monoisotopic (exact) mass is 419 g/mol. The Kier molecular flexibility index (Phi) is 4.80. The topological polar surface area (TPSA) is 105 Å². The highest BCUT2D eigenvalue weighted by molar-refractivity contribution is 6.14. The molecule has 3 aliphatic rings. The molecule has 2 N–H and O–H groups in total. The summed E-state index contributed by atoms with van der Waals surface area (Å²) in [5.74, 6) is 0.407. The van der Waals surface area contributed by atoms with E-state index in [1.54, 1.807) is 18.2 Å². The van der Waals surface area contributed by atoms with E-state index in [0.29, 0.717) is 35.4 Å². The first-order chi connectivity index (χ1) is 15.0. The van der Waals surface area contributed by atoms with E-state index in [1.807, 2.05) is 12.1 Å². The highest BCUT2D eigenvalue weighted by atomic mass is 16.6. The van der Waals surface area contributed by atoms with Gasteiger partial charge in [-0.3, -0.25) is 19.8 Å². The lowest BCUT2D eigenvalue weighted by atomic mass is 10.0. The zero-order valence-electron chi connectivity index (χ0n) is 16.8. The maximum Gasteiger partial charge on any atom is 0.273 e. The van der Waals surface area contributed by atoms with Crippen LogP contribution in [-0.4, -0.2) is 46.9 Å². The van der Waals surface area contributed by atoms with E-state index in [2.05, 4.69) is 10.2 Å². The molecule has 31 heavy (non-hydrogen) atoms. The number of phenols is 1. The average Bonchev–Trinajstić information content (AvgIpc) is 3.32. The van der Waals surface area contributed by atoms with Crippen molar-refractivity contribution in [2.45, 2.75) is 13.0 Å². The lowest BCUT2D eigenvalue weighted by molar-refractivity contribution is -0.385. The van der Waals surface area contributed by atoms with Crippen LogP contribution in [0.15, 0.2) is 48.2 Å². The summed E-state index contributed by atoms with van der Waals surface area (Å²) in [6, 6.07) is 8.06. The van der Waals surface area contributed by atoms with E-state index in [4.69, 9.17) is 4.74 Å². The maximum absolute atomic E-state index is 13.0. The largest absolute Gasteiger partial charge is 0.507 e. The molecule has 2 aromatic rings. The number of hydrogen-bond acceptors (Lipinski definition) is 7. The number of phenolic OH excluding ortho intramolecular Hbond substituents is 1. The molecule has 2 aromatic carbocycles. The van der Waals surface area contributed by atoms with Gasteiger partial charge in [0.15, 0.2) is 5.76 Å². The van der Waals surface area contributed by atoms with E-state index in [1.165, 1.54) is 12.1 Å². The van der Waals surface area contributed by atoms with Gasteiger partial charge in [0, 0.05) is 44.4 Å². The zero-order valence-corrected chi connectivity index (χ0v) is 16.8. The van der Waals surface area contributed by atoms with E-state index in [-0.39, 0.29) is 27.9 Å². The van der Waals surface area contributed by atoms with Crippen LogP contribution in [0.2, 0.25) is 0 Å². The second-order valence-electron chi connectivity index (χ2n) is 7.83. The molecule has 0 spiro atoms. The minimum absolute atomic E-state index is 0.0762. The maximum atomic E-state index is 13.0. The Bertz CT molecular complexity index is 1160. The van der Waals surface area contributed by atoms with Crippen molar-refractivity contribution in [3.05, 3.63) is 80.6 Å². The number of ether oxygens (including phenoxy) is 1. The van der Waals surface area contributed by atoms with E-state index < -0.39 is 0 Å². The zero-order chi connectivity index (χ0) is 21.5. The molecular weight excluding hydrogens is 398 g/mol. The summed E-state index contributed by atoms with van der Waals surface area (Å²) in [5, 5.41) is 25.0. The molecule has 0 unspecified atom stereocenters. The number of carbonyl (C=O) groups is 1. The normalized spacial score (nSPS) is 19.2. The molecule has 0 saturated carbocycles. The van der Waals surface area contributed by atoms with Gasteiger partial charge >= 0.3 is 0 Å². The number of ketones is 1. The van der Waals surface area contributed by atoms with E-state index in [0.717, 1.165) is 37.3 Å². The first-order valence-electron chi connectivity index (χ1n) is 10.2. The number of nitrogens with zero attached hydrogens (tertiary/aromatic N) is 2. The Labute approximate surface area is 178 Å². The van der Waals surface area contributed by atoms with Crippen LogP contribution >= 0.6 is 0 Å². The molecule has 2 heterocycles. The molecule has 0 amide bonds. The number of nitrogens with one attached hydrogen (secondary N) is 1. The van der Waals surface area contributed by atoms with Crippen LogP contribution in [-0.2, 0) is 13.0 Å². The molecule has 1 aliphatic carbocycles. The number of piperazine rings is 1. The predicted molar refractivity (Wildman–Crippen MR) is 114 cm³/mol. The summed E-state index contributed by atoms with van der Waals surface area (Å²) >= 11 is 0. The van der Waals surface area contributed by atoms with Crippen LogP contribution < -0.4 is 10.1 Å². The average molecular weight is 419 g/mol. The van der Waals surface area contributed by atoms with Gasteiger partial charge in [-0.1, -0.05) is 18.2 Å². The van der Waals surface area contributed by atoms with Crippen LogP contribution in [0, 0.1) is 10.1 Å². The van der Waals surface area contributed by atoms with Crippen molar-refractivity contribution in [2.24, 2.45) is 0 Å². The van der Waals surface area contributed by atoms with E-state index in [9.17, 15) is 20.0 Å². The van der Waals surface area contributed by atoms with Gasteiger partial charge in [-0.2, -0.15) is 0 Å². The highest BCUT2D eigenvalue weighted by Gasteiger charge is 2.33. The number of fused-ring (bicyclic) bond motifs is 2. The Balaban J connectivity index is 1.46. The Morgan fingerprint density at radius 1 is 1.19 bits per heavy atom.